The summed E-state index contributed by atoms with van der Waals surface area (Å²) in [5.41, 5.74) is 0. The summed E-state index contributed by atoms with van der Waals surface area (Å²) in [6.45, 7) is -0.0914. The molecule has 0 amide bonds. The second-order valence-electron chi connectivity index (χ2n) is 3.91. The fourth-order valence-corrected chi connectivity index (χ4v) is 3.63. The summed E-state index contributed by atoms with van der Waals surface area (Å²) in [7, 11) is 0. The lowest BCUT2D eigenvalue weighted by molar-refractivity contribution is 0.112. The Bertz CT molecular complexity index is 706. The first kappa shape index (κ1) is 12.3. The van der Waals surface area contributed by atoms with Gasteiger partial charge in [0.05, 0.1) is 9.75 Å². The molecule has 3 nitrogen and oxygen atoms in total. The van der Waals surface area contributed by atoms with E-state index in [9.17, 15) is 4.79 Å². The van der Waals surface area contributed by atoms with Gasteiger partial charge in [-0.3, -0.25) is 4.79 Å². The Hall–Kier alpha value is -1.69. The number of aliphatic hydroxyl groups is 1. The molecule has 96 valence electrons. The monoisotopic (exact) mass is 290 g/mol. The zero-order valence-corrected chi connectivity index (χ0v) is 11.5. The SMILES string of the molecule is O=Cc1ccc(-c2ccc(-c3ccc(CO)o3)s2)s1. The molecule has 0 aliphatic carbocycles. The van der Waals surface area contributed by atoms with E-state index in [-0.39, 0.29) is 6.61 Å². The molecule has 0 aliphatic rings. The normalized spacial score (nSPS) is 10.8. The summed E-state index contributed by atoms with van der Waals surface area (Å²) in [5, 5.41) is 8.99. The standard InChI is InChI=1S/C14H10O3S2/c15-7-9-1-3-11(17-9)12-5-6-14(19-12)13-4-2-10(8-16)18-13/h1-6,8,15H,7H2. The van der Waals surface area contributed by atoms with Crippen LogP contribution in [0, 0.1) is 0 Å². The molecule has 0 atom stereocenters. The van der Waals surface area contributed by atoms with Crippen molar-refractivity contribution < 1.29 is 14.3 Å². The molecule has 3 aromatic heterocycles. The number of furan rings is 1. The van der Waals surface area contributed by atoms with E-state index in [2.05, 4.69) is 0 Å². The van der Waals surface area contributed by atoms with E-state index in [0.29, 0.717) is 5.76 Å². The number of thiophene rings is 2. The van der Waals surface area contributed by atoms with Crippen LogP contribution in [0.3, 0.4) is 0 Å². The average Bonchev–Trinajstić information content (AvgIpc) is 3.16. The topological polar surface area (TPSA) is 50.4 Å². The number of rotatable bonds is 4. The number of hydrogen-bond donors (Lipinski definition) is 1. The van der Waals surface area contributed by atoms with Crippen molar-refractivity contribution in [1.29, 1.82) is 0 Å². The fourth-order valence-electron chi connectivity index (χ4n) is 1.75. The quantitative estimate of drug-likeness (QED) is 0.738. The van der Waals surface area contributed by atoms with E-state index in [1.54, 1.807) is 17.4 Å². The van der Waals surface area contributed by atoms with Crippen molar-refractivity contribution in [1.82, 2.24) is 0 Å². The Morgan fingerprint density at radius 3 is 2.42 bits per heavy atom. The van der Waals surface area contributed by atoms with Crippen LogP contribution in [-0.4, -0.2) is 11.4 Å². The van der Waals surface area contributed by atoms with E-state index >= 15 is 0 Å². The minimum Gasteiger partial charge on any atom is -0.458 e. The van der Waals surface area contributed by atoms with Gasteiger partial charge in [0.25, 0.3) is 0 Å². The molecule has 0 bridgehead atoms. The lowest BCUT2D eigenvalue weighted by Crippen LogP contribution is -1.73. The van der Waals surface area contributed by atoms with Gasteiger partial charge in [-0.15, -0.1) is 22.7 Å². The molecule has 3 aromatic rings. The second kappa shape index (κ2) is 5.13. The summed E-state index contributed by atoms with van der Waals surface area (Å²) in [4.78, 5) is 14.6. The van der Waals surface area contributed by atoms with Gasteiger partial charge in [-0.05, 0) is 36.4 Å². The Labute approximate surface area is 117 Å². The highest BCUT2D eigenvalue weighted by molar-refractivity contribution is 7.24. The van der Waals surface area contributed by atoms with Crippen molar-refractivity contribution >= 4 is 29.0 Å². The van der Waals surface area contributed by atoms with Gasteiger partial charge in [-0.2, -0.15) is 0 Å². The summed E-state index contributed by atoms with van der Waals surface area (Å²) >= 11 is 3.08. The van der Waals surface area contributed by atoms with E-state index in [4.69, 9.17) is 9.52 Å². The first-order valence-corrected chi connectivity index (χ1v) is 7.28. The van der Waals surface area contributed by atoms with Crippen LogP contribution in [0.4, 0.5) is 0 Å². The van der Waals surface area contributed by atoms with Crippen LogP contribution >= 0.6 is 22.7 Å². The summed E-state index contributed by atoms with van der Waals surface area (Å²) in [6, 6.07) is 11.4. The maximum atomic E-state index is 10.7. The van der Waals surface area contributed by atoms with Crippen LogP contribution in [0.15, 0.2) is 40.8 Å². The van der Waals surface area contributed by atoms with Gasteiger partial charge in [-0.1, -0.05) is 0 Å². The van der Waals surface area contributed by atoms with Crippen molar-refractivity contribution in [2.45, 2.75) is 6.61 Å². The highest BCUT2D eigenvalue weighted by atomic mass is 32.1. The van der Waals surface area contributed by atoms with Crippen LogP contribution in [0.1, 0.15) is 15.4 Å². The minimum atomic E-state index is -0.0914. The molecule has 0 unspecified atom stereocenters. The third-order valence-corrected chi connectivity index (χ3v) is 4.96. The summed E-state index contributed by atoms with van der Waals surface area (Å²) in [5.74, 6) is 1.32. The predicted molar refractivity (Wildman–Crippen MR) is 76.6 cm³/mol. The van der Waals surface area contributed by atoms with Crippen LogP contribution in [0.25, 0.3) is 20.4 Å². The number of carbonyl (C=O) groups is 1. The smallest absolute Gasteiger partial charge is 0.160 e. The molecule has 0 aromatic carbocycles. The molecule has 0 saturated carbocycles. The Balaban J connectivity index is 1.92. The molecule has 19 heavy (non-hydrogen) atoms. The number of carbonyl (C=O) groups excluding carboxylic acids is 1. The van der Waals surface area contributed by atoms with Crippen molar-refractivity contribution in [2.24, 2.45) is 0 Å². The maximum Gasteiger partial charge on any atom is 0.160 e. The van der Waals surface area contributed by atoms with E-state index in [0.717, 1.165) is 31.6 Å². The van der Waals surface area contributed by atoms with Crippen LogP contribution in [0.5, 0.6) is 0 Å². The largest absolute Gasteiger partial charge is 0.458 e. The van der Waals surface area contributed by atoms with Gasteiger partial charge in [0.15, 0.2) is 6.29 Å². The predicted octanol–water partition coefficient (Wildman–Crippen LogP) is 4.04. The van der Waals surface area contributed by atoms with Crippen molar-refractivity contribution in [3.63, 3.8) is 0 Å². The molecular weight excluding hydrogens is 280 g/mol. The molecular formula is C14H10O3S2. The fraction of sp³-hybridized carbons (Fsp3) is 0.0714. The van der Waals surface area contributed by atoms with Crippen LogP contribution in [0.2, 0.25) is 0 Å². The van der Waals surface area contributed by atoms with Gasteiger partial charge in [0.2, 0.25) is 0 Å². The van der Waals surface area contributed by atoms with E-state index < -0.39 is 0 Å². The zero-order chi connectivity index (χ0) is 13.2. The lowest BCUT2D eigenvalue weighted by Gasteiger charge is -1.91. The third kappa shape index (κ3) is 2.40. The summed E-state index contributed by atoms with van der Waals surface area (Å²) < 4.78 is 5.50. The average molecular weight is 290 g/mol. The number of aliphatic hydroxyl groups excluding tert-OH is 1. The molecule has 0 spiro atoms. The Kier molecular flexibility index (Phi) is 3.33. The van der Waals surface area contributed by atoms with Gasteiger partial charge in [0, 0.05) is 9.75 Å². The Morgan fingerprint density at radius 1 is 1.00 bits per heavy atom. The van der Waals surface area contributed by atoms with E-state index in [1.165, 1.54) is 11.3 Å². The third-order valence-electron chi connectivity index (χ3n) is 2.65. The molecule has 5 heteroatoms. The maximum absolute atomic E-state index is 10.7. The van der Waals surface area contributed by atoms with Gasteiger partial charge in [0.1, 0.15) is 18.1 Å². The van der Waals surface area contributed by atoms with E-state index in [1.807, 2.05) is 30.3 Å². The second-order valence-corrected chi connectivity index (χ2v) is 6.11. The molecule has 1 N–H and O–H groups in total. The Morgan fingerprint density at radius 2 is 1.74 bits per heavy atom. The highest BCUT2D eigenvalue weighted by Gasteiger charge is 2.10. The van der Waals surface area contributed by atoms with Crippen molar-refractivity contribution in [2.75, 3.05) is 0 Å². The summed E-state index contributed by atoms with van der Waals surface area (Å²) in [6.07, 6.45) is 0.864. The molecule has 0 saturated heterocycles. The zero-order valence-electron chi connectivity index (χ0n) is 9.83. The first-order valence-electron chi connectivity index (χ1n) is 5.65. The van der Waals surface area contributed by atoms with Crippen molar-refractivity contribution in [3.05, 3.63) is 47.0 Å². The molecule has 3 rings (SSSR count). The number of hydrogen-bond acceptors (Lipinski definition) is 5. The highest BCUT2D eigenvalue weighted by Crippen LogP contribution is 2.37. The molecule has 3 heterocycles. The van der Waals surface area contributed by atoms with Crippen LogP contribution < -0.4 is 0 Å². The van der Waals surface area contributed by atoms with Gasteiger partial charge < -0.3 is 9.52 Å². The first-order chi connectivity index (χ1) is 9.30. The molecule has 0 fully saturated rings. The van der Waals surface area contributed by atoms with Crippen molar-refractivity contribution in [3.8, 4) is 20.4 Å². The minimum absolute atomic E-state index is 0.0914. The van der Waals surface area contributed by atoms with Crippen LogP contribution in [-0.2, 0) is 6.61 Å². The molecule has 0 radical (unpaired) electrons. The van der Waals surface area contributed by atoms with Gasteiger partial charge in [-0.25, -0.2) is 0 Å². The van der Waals surface area contributed by atoms with Gasteiger partial charge >= 0.3 is 0 Å². The lowest BCUT2D eigenvalue weighted by atomic mass is 10.3. The molecule has 0 aliphatic heterocycles. The number of aldehydes is 1.